The van der Waals surface area contributed by atoms with Crippen LogP contribution in [0.15, 0.2) is 21.9 Å². The minimum Gasteiger partial charge on any atom is -0.394 e. The van der Waals surface area contributed by atoms with Gasteiger partial charge in [-0.15, -0.1) is 0 Å². The molecule has 0 unspecified atom stereocenters. The number of aromatic amines is 1. The highest BCUT2D eigenvalue weighted by Gasteiger charge is 2.34. The van der Waals surface area contributed by atoms with E-state index < -0.39 is 29.7 Å². The van der Waals surface area contributed by atoms with E-state index in [0.29, 0.717) is 0 Å². The van der Waals surface area contributed by atoms with E-state index in [1.165, 1.54) is 16.8 Å². The fourth-order valence-electron chi connectivity index (χ4n) is 1.70. The van der Waals surface area contributed by atoms with Crippen molar-refractivity contribution in [3.8, 4) is 0 Å². The normalized spacial score (nSPS) is 29.5. The van der Waals surface area contributed by atoms with Crippen LogP contribution in [0.3, 0.4) is 0 Å². The van der Waals surface area contributed by atoms with Gasteiger partial charge in [-0.1, -0.05) is 0 Å². The first-order valence-corrected chi connectivity index (χ1v) is 4.87. The number of aliphatic hydroxyl groups excluding tert-OH is 2. The Morgan fingerprint density at radius 3 is 2.88 bits per heavy atom. The van der Waals surface area contributed by atoms with Crippen LogP contribution in [0.4, 0.5) is 0 Å². The third-order valence-corrected chi connectivity index (χ3v) is 2.55. The van der Waals surface area contributed by atoms with E-state index in [9.17, 15) is 14.7 Å². The molecule has 0 aromatic carbocycles. The third-order valence-electron chi connectivity index (χ3n) is 2.55. The Morgan fingerprint density at radius 2 is 2.31 bits per heavy atom. The second-order valence-electron chi connectivity index (χ2n) is 3.63. The maximum absolute atomic E-state index is 11.4. The summed E-state index contributed by atoms with van der Waals surface area (Å²) in [7, 11) is 0. The van der Waals surface area contributed by atoms with Crippen LogP contribution in [0.2, 0.25) is 0 Å². The predicted molar refractivity (Wildman–Crippen MR) is 52.9 cm³/mol. The fraction of sp³-hybridized carbons (Fsp3) is 0.556. The standard InChI is InChI=1S/C9H12N2O5/c12-4-6-5(13)3-8(16-6)11-2-1-7(14)10-9(11)15/h1-2,5-6,8,12-13H,3-4H2,(H,10,14,15)/t5-,6+,8+/m1/s1/i9+1,10+1,11+1. The quantitative estimate of drug-likeness (QED) is 0.555. The molecule has 16 heavy (non-hydrogen) atoms. The number of aliphatic hydroxyl groups is 2. The molecular formula is C9H12N2O5. The predicted octanol–water partition coefficient (Wildman–Crippen LogP) is -1.82. The van der Waals surface area contributed by atoms with Crippen molar-refractivity contribution in [2.24, 2.45) is 0 Å². The molecule has 1 aromatic heterocycles. The highest BCUT2D eigenvalue weighted by atomic mass is 16.6. The van der Waals surface area contributed by atoms with Crippen molar-refractivity contribution in [1.29, 1.82) is 0 Å². The zero-order chi connectivity index (χ0) is 11.7. The number of hydrogen-bond acceptors (Lipinski definition) is 5. The molecule has 1 aliphatic heterocycles. The molecular weight excluding hydrogens is 219 g/mol. The number of nitrogens with one attached hydrogen (secondary N) is 1. The average Bonchev–Trinajstić information content (AvgIpc) is 2.59. The van der Waals surface area contributed by atoms with Gasteiger partial charge in [-0.2, -0.15) is 0 Å². The van der Waals surface area contributed by atoms with E-state index in [2.05, 4.69) is 4.98 Å². The number of H-pyrrole nitrogens is 1. The molecule has 1 aliphatic rings. The molecule has 3 N–H and O–H groups in total. The smallest absolute Gasteiger partial charge is 0.330 e. The van der Waals surface area contributed by atoms with Crippen molar-refractivity contribution in [1.82, 2.24) is 9.55 Å². The summed E-state index contributed by atoms with van der Waals surface area (Å²) < 4.78 is 6.45. The molecule has 1 aromatic rings. The van der Waals surface area contributed by atoms with Gasteiger partial charge in [-0.25, -0.2) is 4.79 Å². The summed E-state index contributed by atoms with van der Waals surface area (Å²) in [6.45, 7) is -0.310. The second-order valence-corrected chi connectivity index (χ2v) is 3.63. The van der Waals surface area contributed by atoms with Crippen LogP contribution < -0.4 is 11.2 Å². The van der Waals surface area contributed by atoms with Crippen LogP contribution in [0.5, 0.6) is 0 Å². The Bertz CT molecular complexity index is 479. The fourth-order valence-corrected chi connectivity index (χ4v) is 1.70. The lowest BCUT2D eigenvalue weighted by Crippen LogP contribution is -2.31. The Balaban J connectivity index is 2.27. The Labute approximate surface area is 89.9 Å². The van der Waals surface area contributed by atoms with Crippen molar-refractivity contribution in [2.45, 2.75) is 24.9 Å². The molecule has 0 radical (unpaired) electrons. The molecule has 7 nitrogen and oxygen atoms in total. The average molecular weight is 231 g/mol. The largest absolute Gasteiger partial charge is 0.394 e. The summed E-state index contributed by atoms with van der Waals surface area (Å²) in [6, 6.07) is 1.20. The Hall–Kier alpha value is -1.44. The minimum atomic E-state index is -0.811. The van der Waals surface area contributed by atoms with Gasteiger partial charge < -0.3 is 14.9 Å². The van der Waals surface area contributed by atoms with Gasteiger partial charge in [0, 0.05) is 18.7 Å². The van der Waals surface area contributed by atoms with Gasteiger partial charge in [0.2, 0.25) is 0 Å². The van der Waals surface area contributed by atoms with Crippen LogP contribution in [0.25, 0.3) is 0 Å². The van der Waals surface area contributed by atoms with Gasteiger partial charge in [-0.05, 0) is 0 Å². The number of aromatic nitrogens is 2. The van der Waals surface area contributed by atoms with Crippen LogP contribution in [0.1, 0.15) is 12.6 Å². The Morgan fingerprint density at radius 1 is 1.56 bits per heavy atom. The summed E-state index contributed by atoms with van der Waals surface area (Å²) in [5.41, 5.74) is -1.08. The van der Waals surface area contributed by atoms with E-state index in [0.717, 1.165) is 0 Å². The van der Waals surface area contributed by atoms with Gasteiger partial charge in [0.25, 0.3) is 5.56 Å². The lowest BCUT2D eigenvalue weighted by molar-refractivity contribution is -0.0459. The van der Waals surface area contributed by atoms with Crippen molar-refractivity contribution in [3.05, 3.63) is 33.1 Å². The number of hydrogen-bond donors (Lipinski definition) is 3. The van der Waals surface area contributed by atoms with Crippen LogP contribution in [0, 0.1) is 0 Å². The monoisotopic (exact) mass is 231 g/mol. The van der Waals surface area contributed by atoms with Crippen molar-refractivity contribution < 1.29 is 14.9 Å². The minimum absolute atomic E-state index is 0.206. The SMILES string of the molecule is O=c1cc[15n]([C@@H]2C[C@@H](O)[C@H](CO)O2)[13c](=O)[15nH]1. The molecule has 0 saturated carbocycles. The van der Waals surface area contributed by atoms with E-state index >= 15 is 0 Å². The summed E-state index contributed by atoms with van der Waals surface area (Å²) >= 11 is 0. The summed E-state index contributed by atoms with van der Waals surface area (Å²) in [4.78, 5) is 24.3. The van der Waals surface area contributed by atoms with Crippen molar-refractivity contribution in [2.75, 3.05) is 6.61 Å². The van der Waals surface area contributed by atoms with Crippen LogP contribution in [-0.2, 0) is 4.74 Å². The van der Waals surface area contributed by atoms with Crippen LogP contribution in [-0.4, -0.2) is 38.6 Å². The molecule has 1 saturated heterocycles. The first-order valence-electron chi connectivity index (χ1n) is 4.87. The molecule has 2 heterocycles. The molecule has 3 atom stereocenters. The molecule has 0 bridgehead atoms. The number of nitrogens with zero attached hydrogens (tertiary/aromatic N) is 1. The lowest BCUT2D eigenvalue weighted by atomic mass is 10.2. The first kappa shape index (κ1) is 11.1. The highest BCUT2D eigenvalue weighted by molar-refractivity contribution is 4.88. The van der Waals surface area contributed by atoms with E-state index in [1.54, 1.807) is 0 Å². The van der Waals surface area contributed by atoms with Crippen molar-refractivity contribution >= 4 is 0 Å². The van der Waals surface area contributed by atoms with Crippen LogP contribution >= 0.6 is 0 Å². The highest BCUT2D eigenvalue weighted by Crippen LogP contribution is 2.26. The maximum atomic E-state index is 11.4. The molecule has 0 spiro atoms. The zero-order valence-electron chi connectivity index (χ0n) is 8.37. The molecule has 88 valence electrons. The molecule has 2 rings (SSSR count). The second kappa shape index (κ2) is 4.20. The lowest BCUT2D eigenvalue weighted by Gasteiger charge is -2.13. The van der Waals surface area contributed by atoms with Gasteiger partial charge in [0.15, 0.2) is 0 Å². The van der Waals surface area contributed by atoms with E-state index in [-0.39, 0.29) is 13.0 Å². The number of ether oxygens (including phenoxy) is 1. The van der Waals surface area contributed by atoms with Gasteiger partial charge in [-0.3, -0.25) is 14.3 Å². The van der Waals surface area contributed by atoms with Gasteiger partial charge in [0.05, 0.1) is 12.7 Å². The first-order chi connectivity index (χ1) is 7.61. The summed E-state index contributed by atoms with van der Waals surface area (Å²) in [5.74, 6) is 0. The van der Waals surface area contributed by atoms with E-state index in [1.807, 2.05) is 0 Å². The summed E-state index contributed by atoms with van der Waals surface area (Å²) in [5, 5.41) is 18.4. The maximum Gasteiger partial charge on any atom is 0.330 e. The van der Waals surface area contributed by atoms with E-state index in [4.69, 9.17) is 9.84 Å². The molecule has 0 aliphatic carbocycles. The zero-order valence-corrected chi connectivity index (χ0v) is 8.37. The molecule has 1 fully saturated rings. The van der Waals surface area contributed by atoms with Gasteiger partial charge in [0.1, 0.15) is 12.3 Å². The summed E-state index contributed by atoms with van der Waals surface area (Å²) in [6.07, 6.45) is -0.649. The molecule has 7 heteroatoms. The topological polar surface area (TPSA) is 105 Å². The van der Waals surface area contributed by atoms with Gasteiger partial charge >= 0.3 is 5.69 Å². The Kier molecular flexibility index (Phi) is 2.90. The number of rotatable bonds is 2. The van der Waals surface area contributed by atoms with Crippen molar-refractivity contribution in [3.63, 3.8) is 0 Å². The third kappa shape index (κ3) is 1.92. The molecule has 0 amide bonds.